The molecule has 0 atom stereocenters. The van der Waals surface area contributed by atoms with E-state index in [1.807, 2.05) is 0 Å². The zero-order valence-corrected chi connectivity index (χ0v) is 13.9. The Morgan fingerprint density at radius 1 is 1.43 bits per heavy atom. The molecule has 1 fully saturated rings. The number of nitrogen functional groups attached to an aromatic ring is 1. The summed E-state index contributed by atoms with van der Waals surface area (Å²) in [5, 5.41) is 14.7. The van der Waals surface area contributed by atoms with Crippen LogP contribution < -0.4 is 11.1 Å². The van der Waals surface area contributed by atoms with Crippen molar-refractivity contribution < 1.29 is 14.3 Å². The summed E-state index contributed by atoms with van der Waals surface area (Å²) in [6.45, 7) is 3.36. The van der Waals surface area contributed by atoms with Gasteiger partial charge in [0.25, 0.3) is 0 Å². The van der Waals surface area contributed by atoms with Gasteiger partial charge in [0.15, 0.2) is 5.78 Å². The van der Waals surface area contributed by atoms with Crippen LogP contribution in [0.1, 0.15) is 41.8 Å². The molecule has 0 aliphatic carbocycles. The van der Waals surface area contributed by atoms with Gasteiger partial charge >= 0.3 is 0 Å². The number of carbonyl (C=O) groups excluding carboxylic acids is 1. The van der Waals surface area contributed by atoms with Gasteiger partial charge in [0, 0.05) is 11.8 Å². The first-order valence-electron chi connectivity index (χ1n) is 7.84. The average Bonchev–Trinajstić information content (AvgIpc) is 2.91. The maximum absolute atomic E-state index is 12.6. The predicted molar refractivity (Wildman–Crippen MR) is 91.0 cm³/mol. The normalized spacial score (nSPS) is 17.5. The van der Waals surface area contributed by atoms with Gasteiger partial charge < -0.3 is 20.6 Å². The second kappa shape index (κ2) is 6.15. The summed E-state index contributed by atoms with van der Waals surface area (Å²) in [7, 11) is 0. The SMILES string of the molecule is Cc1cc2c(N)c(Cl)cc(C(=O)CCC3(O)CCNCC3)c2o1. The van der Waals surface area contributed by atoms with E-state index in [0.29, 0.717) is 52.3 Å². The van der Waals surface area contributed by atoms with Gasteiger partial charge in [-0.3, -0.25) is 4.79 Å². The van der Waals surface area contributed by atoms with Gasteiger partial charge in [-0.25, -0.2) is 0 Å². The molecule has 1 aromatic carbocycles. The Hall–Kier alpha value is -1.56. The highest BCUT2D eigenvalue weighted by atomic mass is 35.5. The van der Waals surface area contributed by atoms with Crippen LogP contribution in [0, 0.1) is 6.92 Å². The summed E-state index contributed by atoms with van der Waals surface area (Å²) in [5.74, 6) is 0.596. The van der Waals surface area contributed by atoms with E-state index in [1.165, 1.54) is 0 Å². The lowest BCUT2D eigenvalue weighted by atomic mass is 9.86. The number of anilines is 1. The fourth-order valence-electron chi connectivity index (χ4n) is 3.14. The van der Waals surface area contributed by atoms with Gasteiger partial charge in [0.05, 0.1) is 21.9 Å². The first kappa shape index (κ1) is 16.3. The maximum Gasteiger partial charge on any atom is 0.166 e. The number of hydrogen-bond donors (Lipinski definition) is 3. The van der Waals surface area contributed by atoms with Crippen LogP contribution in [0.2, 0.25) is 5.02 Å². The zero-order chi connectivity index (χ0) is 16.6. The Kier molecular flexibility index (Phi) is 4.36. The predicted octanol–water partition coefficient (Wildman–Crippen LogP) is 3.05. The van der Waals surface area contributed by atoms with Crippen LogP contribution in [-0.4, -0.2) is 29.6 Å². The Labute approximate surface area is 139 Å². The third-order valence-electron chi connectivity index (χ3n) is 4.57. The zero-order valence-electron chi connectivity index (χ0n) is 13.1. The molecule has 5 nitrogen and oxygen atoms in total. The lowest BCUT2D eigenvalue weighted by Gasteiger charge is -2.32. The van der Waals surface area contributed by atoms with E-state index in [1.54, 1.807) is 19.1 Å². The molecule has 1 aliphatic rings. The van der Waals surface area contributed by atoms with Crippen molar-refractivity contribution in [2.24, 2.45) is 0 Å². The molecule has 2 aromatic rings. The number of Topliss-reactive ketones (excluding diaryl/α,β-unsaturated/α-hetero) is 1. The first-order valence-corrected chi connectivity index (χ1v) is 8.22. The molecule has 0 amide bonds. The van der Waals surface area contributed by atoms with Crippen molar-refractivity contribution in [1.29, 1.82) is 0 Å². The second-order valence-corrected chi connectivity index (χ2v) is 6.72. The van der Waals surface area contributed by atoms with E-state index in [2.05, 4.69) is 5.32 Å². The number of rotatable bonds is 4. The van der Waals surface area contributed by atoms with Gasteiger partial charge in [-0.05, 0) is 51.4 Å². The number of hydrogen-bond acceptors (Lipinski definition) is 5. The molecule has 0 saturated carbocycles. The van der Waals surface area contributed by atoms with Gasteiger partial charge in [-0.15, -0.1) is 0 Å². The smallest absolute Gasteiger partial charge is 0.166 e. The van der Waals surface area contributed by atoms with E-state index in [-0.39, 0.29) is 12.2 Å². The molecule has 6 heteroatoms. The summed E-state index contributed by atoms with van der Waals surface area (Å²) in [4.78, 5) is 12.6. The van der Waals surface area contributed by atoms with Gasteiger partial charge in [-0.2, -0.15) is 0 Å². The highest BCUT2D eigenvalue weighted by Crippen LogP contribution is 2.35. The molecule has 1 aromatic heterocycles. The van der Waals surface area contributed by atoms with Crippen LogP contribution in [-0.2, 0) is 0 Å². The molecule has 0 unspecified atom stereocenters. The van der Waals surface area contributed by atoms with Crippen LogP contribution in [0.5, 0.6) is 0 Å². The maximum atomic E-state index is 12.6. The third kappa shape index (κ3) is 3.22. The summed E-state index contributed by atoms with van der Waals surface area (Å²) < 4.78 is 5.64. The van der Waals surface area contributed by atoms with E-state index >= 15 is 0 Å². The van der Waals surface area contributed by atoms with Crippen LogP contribution in [0.25, 0.3) is 11.0 Å². The van der Waals surface area contributed by atoms with Gasteiger partial charge in [0.2, 0.25) is 0 Å². The van der Waals surface area contributed by atoms with Crippen LogP contribution in [0.3, 0.4) is 0 Å². The minimum atomic E-state index is -0.767. The van der Waals surface area contributed by atoms with Gasteiger partial charge in [0.1, 0.15) is 11.3 Å². The van der Waals surface area contributed by atoms with Crippen molar-refractivity contribution in [3.05, 3.63) is 28.5 Å². The quantitative estimate of drug-likeness (QED) is 0.590. The number of nitrogens with one attached hydrogen (secondary N) is 1. The molecule has 1 saturated heterocycles. The van der Waals surface area contributed by atoms with Crippen molar-refractivity contribution >= 4 is 34.0 Å². The molecular formula is C17H21ClN2O3. The summed E-state index contributed by atoms with van der Waals surface area (Å²) in [6.07, 6.45) is 2.03. The Morgan fingerprint density at radius 2 is 2.13 bits per heavy atom. The van der Waals surface area contributed by atoms with E-state index in [0.717, 1.165) is 13.1 Å². The minimum absolute atomic E-state index is 0.0850. The summed E-state index contributed by atoms with van der Waals surface area (Å²) >= 11 is 6.15. The van der Waals surface area contributed by atoms with E-state index in [9.17, 15) is 9.90 Å². The molecule has 3 rings (SSSR count). The second-order valence-electron chi connectivity index (χ2n) is 6.32. The third-order valence-corrected chi connectivity index (χ3v) is 4.88. The molecule has 23 heavy (non-hydrogen) atoms. The highest BCUT2D eigenvalue weighted by molar-refractivity contribution is 6.35. The highest BCUT2D eigenvalue weighted by Gasteiger charge is 2.30. The van der Waals surface area contributed by atoms with Crippen molar-refractivity contribution in [2.75, 3.05) is 18.8 Å². The van der Waals surface area contributed by atoms with Crippen molar-refractivity contribution in [3.63, 3.8) is 0 Å². The number of benzene rings is 1. The number of piperidine rings is 1. The number of carbonyl (C=O) groups is 1. The summed E-state index contributed by atoms with van der Waals surface area (Å²) in [6, 6.07) is 3.35. The lowest BCUT2D eigenvalue weighted by molar-refractivity contribution is 0.00148. The number of aryl methyl sites for hydroxylation is 1. The van der Waals surface area contributed by atoms with Crippen LogP contribution in [0.4, 0.5) is 5.69 Å². The molecule has 0 spiro atoms. The topological polar surface area (TPSA) is 88.5 Å². The number of halogens is 1. The van der Waals surface area contributed by atoms with Crippen molar-refractivity contribution in [2.45, 2.75) is 38.2 Å². The van der Waals surface area contributed by atoms with Crippen LogP contribution in [0.15, 0.2) is 16.5 Å². The Morgan fingerprint density at radius 3 is 2.83 bits per heavy atom. The number of furan rings is 1. The van der Waals surface area contributed by atoms with Crippen molar-refractivity contribution in [1.82, 2.24) is 5.32 Å². The number of fused-ring (bicyclic) bond motifs is 1. The fourth-order valence-corrected chi connectivity index (χ4v) is 3.35. The van der Waals surface area contributed by atoms with Crippen molar-refractivity contribution in [3.8, 4) is 0 Å². The number of aliphatic hydroxyl groups is 1. The summed E-state index contributed by atoms with van der Waals surface area (Å²) in [5.41, 5.74) is 6.53. The average molecular weight is 337 g/mol. The molecular weight excluding hydrogens is 316 g/mol. The number of nitrogens with two attached hydrogens (primary N) is 1. The van der Waals surface area contributed by atoms with Crippen LogP contribution >= 0.6 is 11.6 Å². The molecule has 4 N–H and O–H groups in total. The molecule has 0 radical (unpaired) electrons. The van der Waals surface area contributed by atoms with E-state index < -0.39 is 5.60 Å². The number of ketones is 1. The molecule has 0 bridgehead atoms. The van der Waals surface area contributed by atoms with E-state index in [4.69, 9.17) is 21.8 Å². The molecule has 2 heterocycles. The minimum Gasteiger partial charge on any atom is -0.461 e. The monoisotopic (exact) mass is 336 g/mol. The largest absolute Gasteiger partial charge is 0.461 e. The Balaban J connectivity index is 1.85. The Bertz CT molecular complexity index is 748. The lowest BCUT2D eigenvalue weighted by Crippen LogP contribution is -2.42. The first-order chi connectivity index (χ1) is 10.9. The van der Waals surface area contributed by atoms with Gasteiger partial charge in [-0.1, -0.05) is 11.6 Å². The molecule has 124 valence electrons. The molecule has 1 aliphatic heterocycles. The standard InChI is InChI=1S/C17H21ClN2O3/c1-10-8-12-15(19)13(18)9-11(16(12)23-10)14(21)2-3-17(22)4-6-20-7-5-17/h8-9,20,22H,2-7,19H2,1H3. The fraction of sp³-hybridized carbons (Fsp3) is 0.471.